The maximum absolute atomic E-state index is 3.60. The molecule has 2 heteroatoms. The van der Waals surface area contributed by atoms with Gasteiger partial charge >= 0.3 is 39.7 Å². The molecule has 0 fully saturated rings. The third-order valence-electron chi connectivity index (χ3n) is 0.303. The summed E-state index contributed by atoms with van der Waals surface area (Å²) in [6, 6.07) is 0. The van der Waals surface area contributed by atoms with Crippen molar-refractivity contribution in [3.8, 4) is 0 Å². The number of hydrogen-bond donors (Lipinski definition) is 0. The number of nitrogens with zero attached hydrogens (tertiary/aromatic N) is 1. The van der Waals surface area contributed by atoms with Crippen LogP contribution < -0.4 is 0 Å². The molecule has 0 aliphatic heterocycles. The second kappa shape index (κ2) is 4.32. The Morgan fingerprint density at radius 1 is 1.80 bits per heavy atom. The van der Waals surface area contributed by atoms with Gasteiger partial charge in [0.2, 0.25) is 0 Å². The summed E-state index contributed by atoms with van der Waals surface area (Å²) in [4.78, 5) is 0. The van der Waals surface area contributed by atoms with Crippen LogP contribution in [0.15, 0.2) is 3.96 Å². The van der Waals surface area contributed by atoms with Crippen LogP contribution in [0.2, 0.25) is 0 Å². The van der Waals surface area contributed by atoms with Gasteiger partial charge in [-0.3, -0.25) is 0 Å². The summed E-state index contributed by atoms with van der Waals surface area (Å²) in [6.07, 6.45) is 1.11. The molecule has 31 valence electrons. The Bertz CT molecular complexity index is 28.1. The van der Waals surface area contributed by atoms with Crippen molar-refractivity contribution < 1.29 is 15.8 Å². The SMILES string of the molecule is CCC[N]=[Fe+]. The first-order valence-corrected chi connectivity index (χ1v) is 2.18. The molecule has 0 saturated heterocycles. The van der Waals surface area contributed by atoms with E-state index in [4.69, 9.17) is 0 Å². The fourth-order valence-corrected chi connectivity index (χ4v) is 0.326. The van der Waals surface area contributed by atoms with Crippen LogP contribution in [0, 0.1) is 0 Å². The van der Waals surface area contributed by atoms with E-state index in [2.05, 4.69) is 26.7 Å². The monoisotopic (exact) mass is 113 g/mol. The van der Waals surface area contributed by atoms with Crippen molar-refractivity contribution in [1.29, 1.82) is 0 Å². The summed E-state index contributed by atoms with van der Waals surface area (Å²) in [5.74, 6) is 0. The van der Waals surface area contributed by atoms with Gasteiger partial charge in [-0.25, -0.2) is 0 Å². The molecule has 0 heterocycles. The quantitative estimate of drug-likeness (QED) is 0.476. The maximum atomic E-state index is 3.60. The van der Waals surface area contributed by atoms with E-state index in [9.17, 15) is 0 Å². The van der Waals surface area contributed by atoms with Crippen molar-refractivity contribution in [3.63, 3.8) is 0 Å². The van der Waals surface area contributed by atoms with E-state index in [1.807, 2.05) is 0 Å². The molecule has 0 aliphatic rings. The Labute approximate surface area is 40.4 Å². The molecule has 0 atom stereocenters. The van der Waals surface area contributed by atoms with Crippen molar-refractivity contribution in [2.24, 2.45) is 3.96 Å². The molecule has 0 saturated carbocycles. The van der Waals surface area contributed by atoms with E-state index in [-0.39, 0.29) is 0 Å². The number of hydrogen-bond acceptors (Lipinski definition) is 1. The zero-order valence-corrected chi connectivity index (χ0v) is 4.32. The van der Waals surface area contributed by atoms with Crippen LogP contribution in [0.3, 0.4) is 0 Å². The normalized spacial score (nSPS) is 7.40. The van der Waals surface area contributed by atoms with Gasteiger partial charge in [-0.15, -0.1) is 0 Å². The van der Waals surface area contributed by atoms with Crippen LogP contribution in [-0.4, -0.2) is 6.54 Å². The van der Waals surface area contributed by atoms with Gasteiger partial charge in [0.15, 0.2) is 0 Å². The van der Waals surface area contributed by atoms with Crippen LogP contribution in [0.5, 0.6) is 0 Å². The van der Waals surface area contributed by atoms with Gasteiger partial charge in [-0.2, -0.15) is 0 Å². The molecular weight excluding hydrogens is 106 g/mol. The van der Waals surface area contributed by atoms with Gasteiger partial charge in [0.1, 0.15) is 0 Å². The minimum atomic E-state index is 0.903. The first-order chi connectivity index (χ1) is 2.41. The zero-order chi connectivity index (χ0) is 4.12. The van der Waals surface area contributed by atoms with Gasteiger partial charge in [0.05, 0.1) is 0 Å². The standard InChI is InChI=1S/C3H7N.Fe/c1-2-3-4;/h2-3H2,1H3;/q;+1. The molecule has 5 heavy (non-hydrogen) atoms. The third kappa shape index (κ3) is 4.32. The fraction of sp³-hybridized carbons (Fsp3) is 1.00. The Morgan fingerprint density at radius 3 is 2.40 bits per heavy atom. The van der Waals surface area contributed by atoms with Gasteiger partial charge in [0.25, 0.3) is 0 Å². The molecule has 0 amide bonds. The van der Waals surface area contributed by atoms with Crippen LogP contribution >= 0.6 is 0 Å². The Morgan fingerprint density at radius 2 is 2.40 bits per heavy atom. The van der Waals surface area contributed by atoms with Crippen molar-refractivity contribution >= 4 is 0 Å². The summed E-state index contributed by atoms with van der Waals surface area (Å²) in [5.41, 5.74) is 0. The van der Waals surface area contributed by atoms with Crippen molar-refractivity contribution in [3.05, 3.63) is 0 Å². The van der Waals surface area contributed by atoms with Gasteiger partial charge < -0.3 is 0 Å². The molecule has 0 aromatic rings. The first kappa shape index (κ1) is 5.32. The van der Waals surface area contributed by atoms with Crippen LogP contribution in [0.4, 0.5) is 0 Å². The van der Waals surface area contributed by atoms with E-state index in [1.54, 1.807) is 0 Å². The van der Waals surface area contributed by atoms with Gasteiger partial charge in [-0.1, -0.05) is 0 Å². The summed E-state index contributed by atoms with van der Waals surface area (Å²) >= 11 is 3.30. The molecule has 0 bridgehead atoms. The summed E-state index contributed by atoms with van der Waals surface area (Å²) in [5, 5.41) is 0. The molecular formula is C3H7FeN+. The molecule has 0 unspecified atom stereocenters. The first-order valence-electron chi connectivity index (χ1n) is 1.68. The fourth-order valence-electron chi connectivity index (χ4n) is 0.0791. The molecule has 1 nitrogen and oxygen atoms in total. The Hall–Kier alpha value is 0.319. The average molecular weight is 113 g/mol. The number of rotatable bonds is 2. The predicted octanol–water partition coefficient (Wildman–Crippen LogP) is 1.13. The summed E-state index contributed by atoms with van der Waals surface area (Å²) < 4.78 is 3.60. The Kier molecular flexibility index (Phi) is 4.60. The molecule has 0 radical (unpaired) electrons. The van der Waals surface area contributed by atoms with Gasteiger partial charge in [0, 0.05) is 0 Å². The summed E-state index contributed by atoms with van der Waals surface area (Å²) in [6.45, 7) is 2.98. The van der Waals surface area contributed by atoms with E-state index in [1.165, 1.54) is 0 Å². The predicted molar refractivity (Wildman–Crippen MR) is 17.6 cm³/mol. The topological polar surface area (TPSA) is 12.4 Å². The zero-order valence-electron chi connectivity index (χ0n) is 3.21. The summed E-state index contributed by atoms with van der Waals surface area (Å²) in [7, 11) is 0. The van der Waals surface area contributed by atoms with Crippen molar-refractivity contribution in [2.45, 2.75) is 13.3 Å². The van der Waals surface area contributed by atoms with Crippen molar-refractivity contribution in [2.75, 3.05) is 6.54 Å². The van der Waals surface area contributed by atoms with E-state index in [0.717, 1.165) is 13.0 Å². The van der Waals surface area contributed by atoms with Crippen LogP contribution in [0.25, 0.3) is 0 Å². The second-order valence-corrected chi connectivity index (χ2v) is 1.18. The van der Waals surface area contributed by atoms with Gasteiger partial charge in [-0.05, 0) is 0 Å². The molecule has 0 spiro atoms. The molecule has 0 aromatic carbocycles. The minimum absolute atomic E-state index is 0.903. The molecule has 0 aromatic heterocycles. The van der Waals surface area contributed by atoms with E-state index >= 15 is 0 Å². The average Bonchev–Trinajstić information content (AvgIpc) is 1.41. The Balaban J connectivity index is 2.40. The van der Waals surface area contributed by atoms with Crippen LogP contribution in [0.1, 0.15) is 13.3 Å². The van der Waals surface area contributed by atoms with E-state index < -0.39 is 0 Å². The third-order valence-corrected chi connectivity index (χ3v) is 0.550. The van der Waals surface area contributed by atoms with Crippen molar-refractivity contribution in [1.82, 2.24) is 0 Å². The molecule has 0 rings (SSSR count). The second-order valence-electron chi connectivity index (χ2n) is 0.835. The van der Waals surface area contributed by atoms with E-state index in [0.29, 0.717) is 0 Å². The molecule has 0 aliphatic carbocycles. The van der Waals surface area contributed by atoms with Crippen LogP contribution in [-0.2, 0) is 15.8 Å². The molecule has 0 N–H and O–H groups in total.